The first-order valence-electron chi connectivity index (χ1n) is 9.16. The molecule has 0 saturated carbocycles. The highest BCUT2D eigenvalue weighted by Crippen LogP contribution is 2.20. The fourth-order valence-electron chi connectivity index (χ4n) is 2.17. The summed E-state index contributed by atoms with van der Waals surface area (Å²) in [5.74, 6) is 0.908. The molecule has 6 nitrogen and oxygen atoms in total. The van der Waals surface area contributed by atoms with Gasteiger partial charge in [-0.2, -0.15) is 0 Å². The number of guanidine groups is 1. The summed E-state index contributed by atoms with van der Waals surface area (Å²) in [6.45, 7) is 10.2. The van der Waals surface area contributed by atoms with E-state index in [0.717, 1.165) is 62.4 Å². The van der Waals surface area contributed by atoms with Crippen LogP contribution in [-0.4, -0.2) is 56.3 Å². The summed E-state index contributed by atoms with van der Waals surface area (Å²) in [7, 11) is 3.75. The molecule has 1 rings (SSSR count). The highest BCUT2D eigenvalue weighted by atomic mass is 32.1. The molecule has 1 unspecified atom stereocenters. The number of thiazole rings is 1. The number of aromatic nitrogens is 1. The number of rotatable bonds is 12. The maximum absolute atomic E-state index is 5.58. The van der Waals surface area contributed by atoms with Crippen LogP contribution in [0.15, 0.2) is 10.4 Å². The molecular weight excluding hydrogens is 336 g/mol. The Balaban J connectivity index is 2.47. The number of hydrogen-bond acceptors (Lipinski definition) is 5. The Labute approximate surface area is 156 Å². The van der Waals surface area contributed by atoms with Crippen molar-refractivity contribution in [3.05, 3.63) is 16.1 Å². The number of hydrogen-bond donors (Lipinski definition) is 1. The van der Waals surface area contributed by atoms with Crippen molar-refractivity contribution in [3.8, 4) is 0 Å². The third-order valence-corrected chi connectivity index (χ3v) is 4.77. The molecule has 0 aromatic carbocycles. The van der Waals surface area contributed by atoms with E-state index in [1.165, 1.54) is 6.42 Å². The van der Waals surface area contributed by atoms with Crippen molar-refractivity contribution in [1.82, 2.24) is 15.2 Å². The van der Waals surface area contributed by atoms with Gasteiger partial charge in [-0.15, -0.1) is 11.3 Å². The molecule has 0 bridgehead atoms. The maximum atomic E-state index is 5.58. The number of unbranched alkanes of at least 4 members (excludes halogenated alkanes) is 1. The van der Waals surface area contributed by atoms with Crippen LogP contribution in [0.3, 0.4) is 0 Å². The Hall–Kier alpha value is -1.18. The minimum Gasteiger partial charge on any atom is -0.381 e. The molecule has 1 N–H and O–H groups in total. The zero-order valence-electron chi connectivity index (χ0n) is 16.4. The van der Waals surface area contributed by atoms with Gasteiger partial charge in [0.15, 0.2) is 5.96 Å². The van der Waals surface area contributed by atoms with Crippen LogP contribution in [0.4, 0.5) is 0 Å². The predicted octanol–water partition coefficient (Wildman–Crippen LogP) is 3.45. The summed E-state index contributed by atoms with van der Waals surface area (Å²) in [4.78, 5) is 11.4. The molecule has 1 aromatic heterocycles. The van der Waals surface area contributed by atoms with Gasteiger partial charge in [0.05, 0.1) is 12.2 Å². The smallest absolute Gasteiger partial charge is 0.194 e. The normalized spacial score (nSPS) is 13.1. The third kappa shape index (κ3) is 8.65. The van der Waals surface area contributed by atoms with Crippen molar-refractivity contribution in [2.45, 2.75) is 52.7 Å². The van der Waals surface area contributed by atoms with Crippen LogP contribution in [-0.2, 0) is 16.0 Å². The Bertz CT molecular complexity index is 493. The fraction of sp³-hybridized carbons (Fsp3) is 0.778. The first kappa shape index (κ1) is 21.9. The second kappa shape index (κ2) is 13.1. The molecule has 0 saturated heterocycles. The van der Waals surface area contributed by atoms with Crippen molar-refractivity contribution < 1.29 is 9.47 Å². The van der Waals surface area contributed by atoms with Gasteiger partial charge in [0.2, 0.25) is 0 Å². The number of nitrogens with one attached hydrogen (secondary N) is 1. The number of methoxy groups -OCH3 is 1. The van der Waals surface area contributed by atoms with Crippen LogP contribution in [0.2, 0.25) is 0 Å². The van der Waals surface area contributed by atoms with Gasteiger partial charge in [-0.3, -0.25) is 4.99 Å². The Morgan fingerprint density at radius 3 is 2.80 bits per heavy atom. The molecule has 1 aromatic rings. The lowest BCUT2D eigenvalue weighted by atomic mass is 10.4. The van der Waals surface area contributed by atoms with E-state index >= 15 is 0 Å². The van der Waals surface area contributed by atoms with Gasteiger partial charge in [0.25, 0.3) is 0 Å². The average Bonchev–Trinajstić information content (AvgIpc) is 3.07. The minimum atomic E-state index is 0.0404. The summed E-state index contributed by atoms with van der Waals surface area (Å²) in [5.41, 5.74) is 1.04. The second-order valence-electron chi connectivity index (χ2n) is 5.97. The molecule has 7 heteroatoms. The summed E-state index contributed by atoms with van der Waals surface area (Å²) < 4.78 is 10.9. The van der Waals surface area contributed by atoms with Gasteiger partial charge >= 0.3 is 0 Å². The van der Waals surface area contributed by atoms with Crippen molar-refractivity contribution in [2.24, 2.45) is 4.99 Å². The molecule has 144 valence electrons. The first-order chi connectivity index (χ1) is 12.1. The summed E-state index contributed by atoms with van der Waals surface area (Å²) in [6, 6.07) is 0. The molecule has 0 amide bonds. The molecule has 0 fully saturated rings. The highest BCUT2D eigenvalue weighted by molar-refractivity contribution is 7.09. The van der Waals surface area contributed by atoms with Crippen LogP contribution in [0, 0.1) is 0 Å². The quantitative estimate of drug-likeness (QED) is 0.347. The van der Waals surface area contributed by atoms with Gasteiger partial charge in [0, 0.05) is 45.8 Å². The van der Waals surface area contributed by atoms with Gasteiger partial charge in [0.1, 0.15) is 11.1 Å². The summed E-state index contributed by atoms with van der Waals surface area (Å²) >= 11 is 1.64. The van der Waals surface area contributed by atoms with Gasteiger partial charge in [-0.25, -0.2) is 4.98 Å². The van der Waals surface area contributed by atoms with E-state index in [9.17, 15) is 0 Å². The van der Waals surface area contributed by atoms with Gasteiger partial charge < -0.3 is 19.7 Å². The van der Waals surface area contributed by atoms with Crippen LogP contribution in [0.1, 0.15) is 56.8 Å². The molecule has 0 aliphatic heterocycles. The van der Waals surface area contributed by atoms with Crippen LogP contribution >= 0.6 is 11.3 Å². The van der Waals surface area contributed by atoms with Gasteiger partial charge in [-0.1, -0.05) is 13.3 Å². The zero-order valence-corrected chi connectivity index (χ0v) is 17.2. The lowest BCUT2D eigenvalue weighted by molar-refractivity contribution is 0.119. The monoisotopic (exact) mass is 370 g/mol. The van der Waals surface area contributed by atoms with Crippen LogP contribution < -0.4 is 5.32 Å². The Morgan fingerprint density at radius 2 is 2.12 bits per heavy atom. The lowest BCUT2D eigenvalue weighted by Gasteiger charge is -2.21. The lowest BCUT2D eigenvalue weighted by Crippen LogP contribution is -2.38. The Kier molecular flexibility index (Phi) is 11.4. The van der Waals surface area contributed by atoms with Crippen molar-refractivity contribution in [2.75, 3.05) is 40.5 Å². The van der Waals surface area contributed by atoms with E-state index in [4.69, 9.17) is 9.47 Å². The predicted molar refractivity (Wildman–Crippen MR) is 105 cm³/mol. The van der Waals surface area contributed by atoms with E-state index in [0.29, 0.717) is 0 Å². The molecule has 0 aliphatic rings. The summed E-state index contributed by atoms with van der Waals surface area (Å²) in [6.07, 6.45) is 3.29. The molecule has 25 heavy (non-hydrogen) atoms. The second-order valence-corrected chi connectivity index (χ2v) is 6.86. The van der Waals surface area contributed by atoms with E-state index in [1.807, 2.05) is 14.0 Å². The molecule has 0 radical (unpaired) electrons. The zero-order chi connectivity index (χ0) is 18.5. The number of nitrogens with zero attached hydrogens (tertiary/aromatic N) is 3. The highest BCUT2D eigenvalue weighted by Gasteiger charge is 2.12. The molecule has 0 aliphatic carbocycles. The molecular formula is C18H34N4O2S. The fourth-order valence-corrected chi connectivity index (χ4v) is 3.01. The topological polar surface area (TPSA) is 59.0 Å². The standard InChI is InChI=1S/C18H34N4O2S/c1-6-8-11-24-12-9-10-20-18(19-7-2)22(4)13-16-14-25-17(21-16)15(3)23-5/h14-15H,6-13H2,1-5H3,(H,19,20). The maximum Gasteiger partial charge on any atom is 0.194 e. The minimum absolute atomic E-state index is 0.0404. The van der Waals surface area contributed by atoms with Gasteiger partial charge in [-0.05, 0) is 26.7 Å². The molecule has 1 atom stereocenters. The van der Waals surface area contributed by atoms with E-state index in [-0.39, 0.29) is 6.10 Å². The van der Waals surface area contributed by atoms with Crippen molar-refractivity contribution in [1.29, 1.82) is 0 Å². The first-order valence-corrected chi connectivity index (χ1v) is 10.0. The van der Waals surface area contributed by atoms with E-state index in [2.05, 4.69) is 39.4 Å². The number of ether oxygens (including phenoxy) is 2. The summed E-state index contributed by atoms with van der Waals surface area (Å²) in [5, 5.41) is 6.44. The SMILES string of the molecule is CCCCOCCCN=C(NCC)N(C)Cc1csc(C(C)OC)n1. The van der Waals surface area contributed by atoms with E-state index < -0.39 is 0 Å². The van der Waals surface area contributed by atoms with Crippen LogP contribution in [0.5, 0.6) is 0 Å². The molecule has 0 spiro atoms. The third-order valence-electron chi connectivity index (χ3n) is 3.72. The number of aliphatic imine (C=N–C) groups is 1. The van der Waals surface area contributed by atoms with Crippen LogP contribution in [0.25, 0.3) is 0 Å². The van der Waals surface area contributed by atoms with Crippen molar-refractivity contribution >= 4 is 17.3 Å². The largest absolute Gasteiger partial charge is 0.381 e. The molecule has 1 heterocycles. The Morgan fingerprint density at radius 1 is 1.36 bits per heavy atom. The average molecular weight is 371 g/mol. The van der Waals surface area contributed by atoms with Crippen molar-refractivity contribution in [3.63, 3.8) is 0 Å². The van der Waals surface area contributed by atoms with E-state index in [1.54, 1.807) is 18.4 Å².